The zero-order chi connectivity index (χ0) is 18.4. The van der Waals surface area contributed by atoms with E-state index in [9.17, 15) is 9.59 Å². The lowest BCUT2D eigenvalue weighted by molar-refractivity contribution is -0.147. The van der Waals surface area contributed by atoms with Crippen molar-refractivity contribution in [2.45, 2.75) is 57.7 Å². The molecule has 0 aromatic rings. The van der Waals surface area contributed by atoms with Gasteiger partial charge in [0.2, 0.25) is 0 Å². The molecule has 2 amide bonds. The number of piperidine rings is 1. The Morgan fingerprint density at radius 1 is 1.04 bits per heavy atom. The van der Waals surface area contributed by atoms with Gasteiger partial charge < -0.3 is 25.0 Å². The Kier molecular flexibility index (Phi) is 7.63. The maximum atomic E-state index is 12.4. The van der Waals surface area contributed by atoms with Gasteiger partial charge in [-0.1, -0.05) is 0 Å². The molecule has 0 radical (unpaired) electrons. The third kappa shape index (κ3) is 6.75. The molecule has 0 unspecified atom stereocenters. The maximum Gasteiger partial charge on any atom is 0.312 e. The number of hydrogen-bond acceptors (Lipinski definition) is 5. The van der Waals surface area contributed by atoms with Gasteiger partial charge in [0.15, 0.2) is 0 Å². The first-order valence-electron chi connectivity index (χ1n) is 8.47. The van der Waals surface area contributed by atoms with Crippen LogP contribution in [-0.4, -0.2) is 74.4 Å². The predicted octanol–water partition coefficient (Wildman–Crippen LogP) is 0.533. The Morgan fingerprint density at radius 3 is 1.92 bits per heavy atom. The van der Waals surface area contributed by atoms with Crippen LogP contribution in [0.3, 0.4) is 0 Å². The molecule has 1 aliphatic rings. The molecule has 7 heteroatoms. The molecule has 1 heterocycles. The van der Waals surface area contributed by atoms with Gasteiger partial charge in [-0.25, -0.2) is 0 Å². The van der Waals surface area contributed by atoms with Gasteiger partial charge >= 0.3 is 11.8 Å². The van der Waals surface area contributed by atoms with E-state index in [0.29, 0.717) is 26.3 Å². The third-order valence-corrected chi connectivity index (χ3v) is 4.14. The first-order chi connectivity index (χ1) is 11.1. The summed E-state index contributed by atoms with van der Waals surface area (Å²) in [6.45, 7) is 9.95. The average Bonchev–Trinajstić information content (AvgIpc) is 2.43. The van der Waals surface area contributed by atoms with Crippen LogP contribution >= 0.6 is 0 Å². The van der Waals surface area contributed by atoms with Gasteiger partial charge in [0.05, 0.1) is 13.2 Å². The standard InChI is InChI=1S/C17H33N3O4/c1-16(2)11-13(12-17(3,4)19-16)18-14(21)15(22)20(7-9-23-5)8-10-24-6/h13,19H,7-12H2,1-6H3,(H,18,21). The lowest BCUT2D eigenvalue weighted by Gasteiger charge is -2.46. The molecule has 0 atom stereocenters. The Labute approximate surface area is 145 Å². The van der Waals surface area contributed by atoms with Crippen molar-refractivity contribution >= 4 is 11.8 Å². The van der Waals surface area contributed by atoms with E-state index in [-0.39, 0.29) is 17.1 Å². The van der Waals surface area contributed by atoms with Crippen molar-refractivity contribution in [1.82, 2.24) is 15.5 Å². The number of nitrogens with zero attached hydrogens (tertiary/aromatic N) is 1. The molecule has 1 saturated heterocycles. The monoisotopic (exact) mass is 343 g/mol. The van der Waals surface area contributed by atoms with Crippen LogP contribution in [0.1, 0.15) is 40.5 Å². The Morgan fingerprint density at radius 2 is 1.50 bits per heavy atom. The number of amides is 2. The molecule has 0 aliphatic carbocycles. The molecular weight excluding hydrogens is 310 g/mol. The Balaban J connectivity index is 2.67. The SMILES string of the molecule is COCCN(CCOC)C(=O)C(=O)NC1CC(C)(C)NC(C)(C)C1. The van der Waals surface area contributed by atoms with E-state index in [1.54, 1.807) is 14.2 Å². The number of methoxy groups -OCH3 is 2. The third-order valence-electron chi connectivity index (χ3n) is 4.14. The molecule has 1 aliphatic heterocycles. The molecule has 0 bridgehead atoms. The number of nitrogens with one attached hydrogen (secondary N) is 2. The Bertz CT molecular complexity index is 414. The molecule has 24 heavy (non-hydrogen) atoms. The maximum absolute atomic E-state index is 12.4. The van der Waals surface area contributed by atoms with Crippen molar-refractivity contribution in [3.63, 3.8) is 0 Å². The highest BCUT2D eigenvalue weighted by molar-refractivity contribution is 6.35. The molecule has 2 N–H and O–H groups in total. The van der Waals surface area contributed by atoms with Crippen molar-refractivity contribution in [1.29, 1.82) is 0 Å². The highest BCUT2D eigenvalue weighted by Gasteiger charge is 2.39. The molecule has 1 fully saturated rings. The van der Waals surface area contributed by atoms with Crippen LogP contribution in [0.5, 0.6) is 0 Å². The van der Waals surface area contributed by atoms with Crippen molar-refractivity contribution in [3.05, 3.63) is 0 Å². The number of hydrogen-bond donors (Lipinski definition) is 2. The van der Waals surface area contributed by atoms with Gasteiger partial charge in [0.1, 0.15) is 0 Å². The molecule has 0 aromatic carbocycles. The van der Waals surface area contributed by atoms with Crippen molar-refractivity contribution in [2.24, 2.45) is 0 Å². The van der Waals surface area contributed by atoms with Crippen LogP contribution in [0.2, 0.25) is 0 Å². The molecule has 0 saturated carbocycles. The summed E-state index contributed by atoms with van der Waals surface area (Å²) < 4.78 is 10.0. The summed E-state index contributed by atoms with van der Waals surface area (Å²) in [5.74, 6) is -1.08. The van der Waals surface area contributed by atoms with E-state index in [1.807, 2.05) is 0 Å². The highest BCUT2D eigenvalue weighted by Crippen LogP contribution is 2.28. The van der Waals surface area contributed by atoms with Crippen molar-refractivity contribution in [2.75, 3.05) is 40.5 Å². The van der Waals surface area contributed by atoms with Crippen LogP contribution in [0, 0.1) is 0 Å². The quantitative estimate of drug-likeness (QED) is 0.659. The molecule has 140 valence electrons. The first kappa shape index (κ1) is 20.9. The topological polar surface area (TPSA) is 79.9 Å². The van der Waals surface area contributed by atoms with Gasteiger partial charge in [-0.05, 0) is 40.5 Å². The van der Waals surface area contributed by atoms with E-state index in [0.717, 1.165) is 12.8 Å². The molecule has 1 rings (SSSR count). The van der Waals surface area contributed by atoms with E-state index in [4.69, 9.17) is 9.47 Å². The largest absolute Gasteiger partial charge is 0.383 e. The van der Waals surface area contributed by atoms with Gasteiger partial charge in [-0.2, -0.15) is 0 Å². The smallest absolute Gasteiger partial charge is 0.312 e. The molecule has 0 aromatic heterocycles. The van der Waals surface area contributed by atoms with Crippen LogP contribution in [0.4, 0.5) is 0 Å². The van der Waals surface area contributed by atoms with Gasteiger partial charge in [0.25, 0.3) is 0 Å². The van der Waals surface area contributed by atoms with E-state index in [2.05, 4.69) is 38.3 Å². The first-order valence-corrected chi connectivity index (χ1v) is 8.47. The van der Waals surface area contributed by atoms with Crippen LogP contribution < -0.4 is 10.6 Å². The van der Waals surface area contributed by atoms with Gasteiger partial charge in [-0.15, -0.1) is 0 Å². The Hall–Kier alpha value is -1.18. The summed E-state index contributed by atoms with van der Waals surface area (Å²) >= 11 is 0. The lowest BCUT2D eigenvalue weighted by Crippen LogP contribution is -2.63. The van der Waals surface area contributed by atoms with Crippen LogP contribution in [-0.2, 0) is 19.1 Å². The molecule has 7 nitrogen and oxygen atoms in total. The summed E-state index contributed by atoms with van der Waals surface area (Å²) in [6, 6.07) is -0.0283. The second kappa shape index (κ2) is 8.78. The summed E-state index contributed by atoms with van der Waals surface area (Å²) in [5, 5.41) is 6.47. The zero-order valence-corrected chi connectivity index (χ0v) is 15.9. The minimum absolute atomic E-state index is 0.0283. The van der Waals surface area contributed by atoms with Crippen LogP contribution in [0.25, 0.3) is 0 Å². The summed E-state index contributed by atoms with van der Waals surface area (Å²) in [4.78, 5) is 26.3. The fraction of sp³-hybridized carbons (Fsp3) is 0.882. The summed E-state index contributed by atoms with van der Waals surface area (Å²) in [7, 11) is 3.14. The highest BCUT2D eigenvalue weighted by atomic mass is 16.5. The molecule has 0 spiro atoms. The predicted molar refractivity (Wildman–Crippen MR) is 92.8 cm³/mol. The van der Waals surface area contributed by atoms with Crippen molar-refractivity contribution in [3.8, 4) is 0 Å². The summed E-state index contributed by atoms with van der Waals surface area (Å²) in [5.41, 5.74) is -0.178. The molecular formula is C17H33N3O4. The minimum atomic E-state index is -0.555. The summed E-state index contributed by atoms with van der Waals surface area (Å²) in [6.07, 6.45) is 1.57. The van der Waals surface area contributed by atoms with E-state index >= 15 is 0 Å². The number of carbonyl (C=O) groups excluding carboxylic acids is 2. The fourth-order valence-electron chi connectivity index (χ4n) is 3.53. The number of ether oxygens (including phenoxy) is 2. The number of carbonyl (C=O) groups is 2. The average molecular weight is 343 g/mol. The lowest BCUT2D eigenvalue weighted by atomic mass is 9.79. The van der Waals surface area contributed by atoms with E-state index in [1.165, 1.54) is 4.90 Å². The minimum Gasteiger partial charge on any atom is -0.383 e. The normalized spacial score (nSPS) is 19.8. The second-order valence-corrected chi connectivity index (χ2v) is 7.75. The number of rotatable bonds is 7. The second-order valence-electron chi connectivity index (χ2n) is 7.75. The van der Waals surface area contributed by atoms with E-state index < -0.39 is 11.8 Å². The van der Waals surface area contributed by atoms with Crippen LogP contribution in [0.15, 0.2) is 0 Å². The van der Waals surface area contributed by atoms with Gasteiger partial charge in [0, 0.05) is 44.4 Å². The van der Waals surface area contributed by atoms with Gasteiger partial charge in [-0.3, -0.25) is 9.59 Å². The zero-order valence-electron chi connectivity index (χ0n) is 15.9. The fourth-order valence-corrected chi connectivity index (χ4v) is 3.53. The van der Waals surface area contributed by atoms with Crippen molar-refractivity contribution < 1.29 is 19.1 Å².